The quantitative estimate of drug-likeness (QED) is 0.518. The van der Waals surface area contributed by atoms with Crippen molar-refractivity contribution < 1.29 is 14.3 Å². The number of hydrogen-bond acceptors (Lipinski definition) is 4. The van der Waals surface area contributed by atoms with Crippen molar-refractivity contribution in [2.45, 2.75) is 25.5 Å². The zero-order valence-corrected chi connectivity index (χ0v) is 20.1. The summed E-state index contributed by atoms with van der Waals surface area (Å²) in [4.78, 5) is 29.5. The Morgan fingerprint density at radius 3 is 2.73 bits per heavy atom. The summed E-state index contributed by atoms with van der Waals surface area (Å²) in [6.45, 7) is 1.54. The molecule has 3 aromatic rings. The first-order valence-electron chi connectivity index (χ1n) is 11.0. The molecule has 2 heterocycles. The number of carbonyl (C=O) groups is 2. The van der Waals surface area contributed by atoms with E-state index < -0.39 is 0 Å². The number of ether oxygens (including phenoxy) is 1. The molecule has 8 heteroatoms. The number of likely N-dealkylation sites (tertiary alicyclic amines) is 1. The third kappa shape index (κ3) is 6.01. The van der Waals surface area contributed by atoms with Crippen molar-refractivity contribution in [2.24, 2.45) is 5.92 Å². The molecular formula is C25H27BrN4O3. The smallest absolute Gasteiger partial charge is 0.271 e. The molecule has 1 aliphatic heterocycles. The lowest BCUT2D eigenvalue weighted by Crippen LogP contribution is -2.49. The summed E-state index contributed by atoms with van der Waals surface area (Å²) < 4.78 is 7.24. The molecule has 0 spiro atoms. The van der Waals surface area contributed by atoms with Gasteiger partial charge in [-0.25, -0.2) is 0 Å². The first-order chi connectivity index (χ1) is 16.0. The van der Waals surface area contributed by atoms with Crippen LogP contribution in [-0.2, 0) is 11.3 Å². The fourth-order valence-corrected chi connectivity index (χ4v) is 4.51. The van der Waals surface area contributed by atoms with Crippen molar-refractivity contribution in [3.05, 3.63) is 82.6 Å². The standard InChI is InChI=1S/C25H27BrN4O3/c1-29(16-18-6-3-2-4-7-18)24(31)14-19-17-30(25(32)22-10-12-27-28-22)13-11-23(19)33-21-9-5-8-20(26)15-21/h2-10,12,15,19,23H,11,13-14,16-17H2,1H3,(H,27,28)/t19-,23-/m0/s1. The van der Waals surface area contributed by atoms with Gasteiger partial charge in [-0.1, -0.05) is 52.3 Å². The second-order valence-electron chi connectivity index (χ2n) is 8.32. The van der Waals surface area contributed by atoms with Gasteiger partial charge in [-0.05, 0) is 29.8 Å². The van der Waals surface area contributed by atoms with E-state index in [4.69, 9.17) is 4.74 Å². The molecule has 1 aromatic heterocycles. The monoisotopic (exact) mass is 510 g/mol. The zero-order valence-electron chi connectivity index (χ0n) is 18.5. The van der Waals surface area contributed by atoms with Crippen molar-refractivity contribution in [1.29, 1.82) is 0 Å². The molecule has 172 valence electrons. The number of nitrogens with one attached hydrogen (secondary N) is 1. The number of H-pyrrole nitrogens is 1. The van der Waals surface area contributed by atoms with Gasteiger partial charge in [0.15, 0.2) is 0 Å². The Hall–Kier alpha value is -3.13. The number of aromatic amines is 1. The van der Waals surface area contributed by atoms with Crippen LogP contribution in [0.5, 0.6) is 5.75 Å². The number of rotatable bonds is 7. The number of benzene rings is 2. The number of hydrogen-bond donors (Lipinski definition) is 1. The van der Waals surface area contributed by atoms with Crippen LogP contribution in [0.15, 0.2) is 71.3 Å². The Labute approximate surface area is 201 Å². The molecule has 2 amide bonds. The Balaban J connectivity index is 1.47. The molecule has 1 N–H and O–H groups in total. The Morgan fingerprint density at radius 2 is 2.00 bits per heavy atom. The molecule has 0 saturated carbocycles. The van der Waals surface area contributed by atoms with Crippen LogP contribution < -0.4 is 4.74 Å². The van der Waals surface area contributed by atoms with Crippen LogP contribution in [0.1, 0.15) is 28.9 Å². The lowest BCUT2D eigenvalue weighted by atomic mass is 9.90. The Morgan fingerprint density at radius 1 is 1.18 bits per heavy atom. The third-order valence-electron chi connectivity index (χ3n) is 5.89. The van der Waals surface area contributed by atoms with Gasteiger partial charge in [0, 0.05) is 56.1 Å². The molecule has 4 rings (SSSR count). The zero-order chi connectivity index (χ0) is 23.2. The molecule has 2 atom stereocenters. The number of aromatic nitrogens is 2. The predicted molar refractivity (Wildman–Crippen MR) is 129 cm³/mol. The molecule has 1 fully saturated rings. The third-order valence-corrected chi connectivity index (χ3v) is 6.38. The van der Waals surface area contributed by atoms with Crippen molar-refractivity contribution in [3.8, 4) is 5.75 Å². The average Bonchev–Trinajstić information content (AvgIpc) is 3.35. The maximum atomic E-state index is 13.1. The van der Waals surface area contributed by atoms with Crippen LogP contribution in [-0.4, -0.2) is 58.1 Å². The van der Waals surface area contributed by atoms with Gasteiger partial charge in [0.2, 0.25) is 5.91 Å². The first kappa shape index (κ1) is 23.0. The van der Waals surface area contributed by atoms with Gasteiger partial charge in [0.05, 0.1) is 0 Å². The minimum atomic E-state index is -0.167. The van der Waals surface area contributed by atoms with E-state index in [1.165, 1.54) is 0 Å². The summed E-state index contributed by atoms with van der Waals surface area (Å²) in [5, 5.41) is 6.62. The van der Waals surface area contributed by atoms with Crippen LogP contribution in [0.2, 0.25) is 0 Å². The van der Waals surface area contributed by atoms with E-state index in [0.29, 0.717) is 38.2 Å². The number of amides is 2. The van der Waals surface area contributed by atoms with E-state index >= 15 is 0 Å². The highest BCUT2D eigenvalue weighted by Crippen LogP contribution is 2.28. The van der Waals surface area contributed by atoms with Gasteiger partial charge in [0.25, 0.3) is 5.91 Å². The van der Waals surface area contributed by atoms with Gasteiger partial charge in [-0.2, -0.15) is 5.10 Å². The molecule has 0 bridgehead atoms. The average molecular weight is 511 g/mol. The molecule has 0 unspecified atom stereocenters. The summed E-state index contributed by atoms with van der Waals surface area (Å²) in [7, 11) is 1.82. The van der Waals surface area contributed by atoms with E-state index in [1.807, 2.05) is 61.6 Å². The second-order valence-corrected chi connectivity index (χ2v) is 9.24. The van der Waals surface area contributed by atoms with E-state index in [9.17, 15) is 9.59 Å². The highest BCUT2D eigenvalue weighted by molar-refractivity contribution is 9.10. The normalized spacial score (nSPS) is 18.1. The van der Waals surface area contributed by atoms with Crippen molar-refractivity contribution >= 4 is 27.7 Å². The molecule has 1 saturated heterocycles. The molecular weight excluding hydrogens is 484 g/mol. The lowest BCUT2D eigenvalue weighted by molar-refractivity contribution is -0.132. The summed E-state index contributed by atoms with van der Waals surface area (Å²) in [6.07, 6.45) is 2.34. The van der Waals surface area contributed by atoms with Gasteiger partial charge in [0.1, 0.15) is 17.5 Å². The molecule has 0 radical (unpaired) electrons. The van der Waals surface area contributed by atoms with Crippen LogP contribution in [0.25, 0.3) is 0 Å². The topological polar surface area (TPSA) is 78.5 Å². The highest BCUT2D eigenvalue weighted by atomic mass is 79.9. The van der Waals surface area contributed by atoms with Crippen LogP contribution in [0.4, 0.5) is 0 Å². The highest BCUT2D eigenvalue weighted by Gasteiger charge is 2.35. The molecule has 33 heavy (non-hydrogen) atoms. The fourth-order valence-electron chi connectivity index (χ4n) is 4.13. The van der Waals surface area contributed by atoms with Crippen LogP contribution in [0, 0.1) is 5.92 Å². The van der Waals surface area contributed by atoms with Gasteiger partial charge in [-0.3, -0.25) is 14.7 Å². The molecule has 2 aromatic carbocycles. The van der Waals surface area contributed by atoms with E-state index in [2.05, 4.69) is 26.1 Å². The van der Waals surface area contributed by atoms with Crippen LogP contribution >= 0.6 is 15.9 Å². The minimum Gasteiger partial charge on any atom is -0.490 e. The second kappa shape index (κ2) is 10.7. The van der Waals surface area contributed by atoms with E-state index in [1.54, 1.807) is 22.1 Å². The van der Waals surface area contributed by atoms with Crippen molar-refractivity contribution in [3.63, 3.8) is 0 Å². The fraction of sp³-hybridized carbons (Fsp3) is 0.320. The maximum Gasteiger partial charge on any atom is 0.271 e. The first-order valence-corrected chi connectivity index (χ1v) is 11.8. The van der Waals surface area contributed by atoms with Crippen molar-refractivity contribution in [2.75, 3.05) is 20.1 Å². The number of nitrogens with zero attached hydrogens (tertiary/aromatic N) is 3. The molecule has 7 nitrogen and oxygen atoms in total. The number of piperidine rings is 1. The van der Waals surface area contributed by atoms with Gasteiger partial charge in [-0.15, -0.1) is 0 Å². The predicted octanol–water partition coefficient (Wildman–Crippen LogP) is 4.13. The summed E-state index contributed by atoms with van der Waals surface area (Å²) in [6, 6.07) is 19.3. The SMILES string of the molecule is CN(Cc1ccccc1)C(=O)C[C@H]1CN(C(=O)c2ccn[nH]2)CC[C@@H]1Oc1cccc(Br)c1. The number of carbonyl (C=O) groups excluding carboxylic acids is 2. The summed E-state index contributed by atoms with van der Waals surface area (Å²) in [5.41, 5.74) is 1.53. The van der Waals surface area contributed by atoms with Gasteiger partial charge < -0.3 is 14.5 Å². The largest absolute Gasteiger partial charge is 0.490 e. The van der Waals surface area contributed by atoms with Crippen LogP contribution in [0.3, 0.4) is 0 Å². The number of halogens is 1. The van der Waals surface area contributed by atoms with Gasteiger partial charge >= 0.3 is 0 Å². The Kier molecular flexibility index (Phi) is 7.44. The minimum absolute atomic E-state index is 0.0301. The lowest BCUT2D eigenvalue weighted by Gasteiger charge is -2.38. The summed E-state index contributed by atoms with van der Waals surface area (Å²) >= 11 is 3.48. The maximum absolute atomic E-state index is 13.1. The molecule has 0 aliphatic carbocycles. The van der Waals surface area contributed by atoms with E-state index in [-0.39, 0.29) is 23.8 Å². The summed E-state index contributed by atoms with van der Waals surface area (Å²) in [5.74, 6) is 0.541. The molecule has 1 aliphatic rings. The van der Waals surface area contributed by atoms with E-state index in [0.717, 1.165) is 15.8 Å². The Bertz CT molecular complexity index is 1070. The van der Waals surface area contributed by atoms with Crippen molar-refractivity contribution in [1.82, 2.24) is 20.0 Å².